The number of benzene rings is 3. The number of aromatic nitrogens is 1. The zero-order valence-corrected chi connectivity index (χ0v) is 21.1. The Bertz CT molecular complexity index is 1260. The van der Waals surface area contributed by atoms with E-state index in [0.717, 1.165) is 20.1 Å². The summed E-state index contributed by atoms with van der Waals surface area (Å²) in [5, 5.41) is 2.85. The minimum Gasteiger partial charge on any atom is -0.482 e. The van der Waals surface area contributed by atoms with Crippen molar-refractivity contribution in [3.63, 3.8) is 0 Å². The maximum absolute atomic E-state index is 12.4. The van der Waals surface area contributed by atoms with E-state index in [-0.39, 0.29) is 12.5 Å². The Balaban J connectivity index is 1.45. The molecule has 0 saturated carbocycles. The van der Waals surface area contributed by atoms with Crippen molar-refractivity contribution in [3.05, 3.63) is 74.7 Å². The summed E-state index contributed by atoms with van der Waals surface area (Å²) in [4.78, 5) is 17.0. The van der Waals surface area contributed by atoms with E-state index in [4.69, 9.17) is 9.15 Å². The number of aryl methyl sites for hydroxylation is 1. The van der Waals surface area contributed by atoms with E-state index in [9.17, 15) is 4.79 Å². The van der Waals surface area contributed by atoms with Gasteiger partial charge in [0.25, 0.3) is 5.91 Å². The highest BCUT2D eigenvalue weighted by atomic mass is 79.9. The molecule has 1 aromatic heterocycles. The summed E-state index contributed by atoms with van der Waals surface area (Å²) >= 11 is 6.91. The normalized spacial score (nSPS) is 11.2. The van der Waals surface area contributed by atoms with Crippen LogP contribution in [0.4, 0.5) is 5.69 Å². The average molecular weight is 558 g/mol. The summed E-state index contributed by atoms with van der Waals surface area (Å²) in [6.07, 6.45) is 0. The topological polar surface area (TPSA) is 64.4 Å². The van der Waals surface area contributed by atoms with Crippen LogP contribution < -0.4 is 10.1 Å². The summed E-state index contributed by atoms with van der Waals surface area (Å²) in [5.41, 5.74) is 5.09. The molecule has 0 saturated heterocycles. The predicted molar refractivity (Wildman–Crippen MR) is 134 cm³/mol. The van der Waals surface area contributed by atoms with Gasteiger partial charge in [0.1, 0.15) is 11.3 Å². The van der Waals surface area contributed by atoms with Crippen molar-refractivity contribution in [1.29, 1.82) is 0 Å². The first-order valence-corrected chi connectivity index (χ1v) is 11.8. The van der Waals surface area contributed by atoms with E-state index < -0.39 is 0 Å². The zero-order chi connectivity index (χ0) is 22.8. The number of carbonyl (C=O) groups is 1. The average Bonchev–Trinajstić information content (AvgIpc) is 3.16. The molecule has 0 aliphatic heterocycles. The fraction of sp³-hybridized carbons (Fsp3) is 0.200. The first kappa shape index (κ1) is 22.6. The predicted octanol–water partition coefficient (Wildman–Crippen LogP) is 7.47. The molecule has 0 unspecified atom stereocenters. The van der Waals surface area contributed by atoms with Gasteiger partial charge in [0.2, 0.25) is 5.89 Å². The molecule has 1 heterocycles. The SMILES string of the molecule is Cc1cc(Br)cc(Br)c1OCC(=O)Nc1ccc2oc(-c3ccc(C(C)C)cc3)nc2c1. The highest BCUT2D eigenvalue weighted by Gasteiger charge is 2.13. The number of hydrogen-bond acceptors (Lipinski definition) is 4. The van der Waals surface area contributed by atoms with Gasteiger partial charge < -0.3 is 14.5 Å². The summed E-state index contributed by atoms with van der Waals surface area (Å²) in [6.45, 7) is 6.14. The first-order valence-electron chi connectivity index (χ1n) is 10.2. The van der Waals surface area contributed by atoms with E-state index in [1.807, 2.05) is 31.2 Å². The van der Waals surface area contributed by atoms with Crippen LogP contribution in [0.15, 0.2) is 68.0 Å². The molecule has 0 radical (unpaired) electrons. The quantitative estimate of drug-likeness (QED) is 0.267. The molecule has 5 nitrogen and oxygen atoms in total. The zero-order valence-electron chi connectivity index (χ0n) is 17.9. The van der Waals surface area contributed by atoms with Gasteiger partial charge in [-0.2, -0.15) is 0 Å². The van der Waals surface area contributed by atoms with Gasteiger partial charge in [-0.1, -0.05) is 41.9 Å². The number of hydrogen-bond donors (Lipinski definition) is 1. The maximum Gasteiger partial charge on any atom is 0.262 e. The number of rotatable bonds is 6. The number of oxazole rings is 1. The molecule has 0 bridgehead atoms. The molecule has 164 valence electrons. The van der Waals surface area contributed by atoms with Gasteiger partial charge in [-0.05, 0) is 82.4 Å². The minimum absolute atomic E-state index is 0.106. The van der Waals surface area contributed by atoms with E-state index >= 15 is 0 Å². The second-order valence-electron chi connectivity index (χ2n) is 7.85. The monoisotopic (exact) mass is 556 g/mol. The Hall–Kier alpha value is -2.64. The molecule has 0 atom stereocenters. The molecule has 7 heteroatoms. The molecule has 1 amide bonds. The Kier molecular flexibility index (Phi) is 6.67. The van der Waals surface area contributed by atoms with Crippen molar-refractivity contribution >= 4 is 54.6 Å². The molecule has 3 aromatic carbocycles. The van der Waals surface area contributed by atoms with Gasteiger partial charge in [-0.25, -0.2) is 4.98 Å². The number of halogens is 2. The van der Waals surface area contributed by atoms with Crippen LogP contribution in [0.3, 0.4) is 0 Å². The Morgan fingerprint density at radius 3 is 2.53 bits per heavy atom. The van der Waals surface area contributed by atoms with Crippen molar-refractivity contribution in [3.8, 4) is 17.2 Å². The van der Waals surface area contributed by atoms with Crippen molar-refractivity contribution in [2.24, 2.45) is 0 Å². The largest absolute Gasteiger partial charge is 0.482 e. The molecular formula is C25H22Br2N2O3. The van der Waals surface area contributed by atoms with Crippen LogP contribution in [-0.2, 0) is 4.79 Å². The van der Waals surface area contributed by atoms with E-state index in [2.05, 4.69) is 68.1 Å². The fourth-order valence-electron chi connectivity index (χ4n) is 3.35. The van der Waals surface area contributed by atoms with Crippen molar-refractivity contribution < 1.29 is 13.9 Å². The van der Waals surface area contributed by atoms with E-state index in [0.29, 0.717) is 34.3 Å². The van der Waals surface area contributed by atoms with Gasteiger partial charge in [0.05, 0.1) is 4.47 Å². The molecule has 0 spiro atoms. The molecule has 4 aromatic rings. The Morgan fingerprint density at radius 1 is 1.09 bits per heavy atom. The summed E-state index contributed by atoms with van der Waals surface area (Å²) in [7, 11) is 0. The number of nitrogens with one attached hydrogen (secondary N) is 1. The lowest BCUT2D eigenvalue weighted by molar-refractivity contribution is -0.118. The van der Waals surface area contributed by atoms with Gasteiger partial charge in [-0.3, -0.25) is 4.79 Å². The van der Waals surface area contributed by atoms with Crippen LogP contribution in [0.25, 0.3) is 22.6 Å². The molecule has 32 heavy (non-hydrogen) atoms. The molecule has 1 N–H and O–H groups in total. The lowest BCUT2D eigenvalue weighted by Gasteiger charge is -2.12. The Morgan fingerprint density at radius 2 is 1.84 bits per heavy atom. The minimum atomic E-state index is -0.258. The molecule has 0 aliphatic carbocycles. The standard InChI is InChI=1S/C25H22Br2N2O3/c1-14(2)16-4-6-17(7-5-16)25-29-21-12-19(8-9-22(21)32-25)28-23(30)13-31-24-15(3)10-18(26)11-20(24)27/h4-12,14H,13H2,1-3H3,(H,28,30). The smallest absolute Gasteiger partial charge is 0.262 e. The molecule has 4 rings (SSSR count). The van der Waals surface area contributed by atoms with Gasteiger partial charge in [-0.15, -0.1) is 0 Å². The van der Waals surface area contributed by atoms with E-state index in [1.165, 1.54) is 5.56 Å². The van der Waals surface area contributed by atoms with Gasteiger partial charge >= 0.3 is 0 Å². The number of anilines is 1. The van der Waals surface area contributed by atoms with Crippen LogP contribution in [0.5, 0.6) is 5.75 Å². The lowest BCUT2D eigenvalue weighted by atomic mass is 10.0. The number of fused-ring (bicyclic) bond motifs is 1. The summed E-state index contributed by atoms with van der Waals surface area (Å²) in [6, 6.07) is 17.4. The third kappa shape index (κ3) is 5.05. The van der Waals surface area contributed by atoms with Crippen molar-refractivity contribution in [2.45, 2.75) is 26.7 Å². The van der Waals surface area contributed by atoms with Gasteiger partial charge in [0.15, 0.2) is 12.2 Å². The van der Waals surface area contributed by atoms with Crippen LogP contribution in [0.1, 0.15) is 30.9 Å². The highest BCUT2D eigenvalue weighted by Crippen LogP contribution is 2.32. The maximum atomic E-state index is 12.4. The second kappa shape index (κ2) is 9.46. The number of carbonyl (C=O) groups excluding carboxylic acids is 1. The van der Waals surface area contributed by atoms with Crippen LogP contribution in [0.2, 0.25) is 0 Å². The number of amides is 1. The van der Waals surface area contributed by atoms with E-state index in [1.54, 1.807) is 18.2 Å². The third-order valence-corrected chi connectivity index (χ3v) is 6.08. The molecule has 0 fully saturated rings. The van der Waals surface area contributed by atoms with Crippen LogP contribution >= 0.6 is 31.9 Å². The Labute approximate surface area is 203 Å². The molecular weight excluding hydrogens is 536 g/mol. The van der Waals surface area contributed by atoms with Gasteiger partial charge in [0, 0.05) is 15.7 Å². The van der Waals surface area contributed by atoms with Crippen LogP contribution in [-0.4, -0.2) is 17.5 Å². The number of nitrogens with zero attached hydrogens (tertiary/aromatic N) is 1. The third-order valence-electron chi connectivity index (χ3n) is 5.04. The lowest BCUT2D eigenvalue weighted by Crippen LogP contribution is -2.20. The second-order valence-corrected chi connectivity index (χ2v) is 9.62. The van der Waals surface area contributed by atoms with Crippen molar-refractivity contribution in [1.82, 2.24) is 4.98 Å². The summed E-state index contributed by atoms with van der Waals surface area (Å²) in [5.74, 6) is 1.41. The number of ether oxygens (including phenoxy) is 1. The van der Waals surface area contributed by atoms with Crippen LogP contribution in [0, 0.1) is 6.92 Å². The highest BCUT2D eigenvalue weighted by molar-refractivity contribution is 9.11. The fourth-order valence-corrected chi connectivity index (χ4v) is 4.90. The molecule has 0 aliphatic rings. The van der Waals surface area contributed by atoms with Crippen molar-refractivity contribution in [2.75, 3.05) is 11.9 Å². The first-order chi connectivity index (χ1) is 15.3. The summed E-state index contributed by atoms with van der Waals surface area (Å²) < 4.78 is 13.3.